The van der Waals surface area contributed by atoms with E-state index in [-0.39, 0.29) is 5.91 Å². The van der Waals surface area contributed by atoms with E-state index in [1.165, 1.54) is 30.6 Å². The zero-order chi connectivity index (χ0) is 15.4. The smallest absolute Gasteiger partial charge is 0.236 e. The minimum atomic E-state index is 0.143. The molecule has 0 saturated heterocycles. The van der Waals surface area contributed by atoms with Crippen molar-refractivity contribution < 1.29 is 4.79 Å². The third-order valence-electron chi connectivity index (χ3n) is 4.67. The maximum Gasteiger partial charge on any atom is 0.236 e. The quantitative estimate of drug-likeness (QED) is 0.892. The Balaban J connectivity index is 1.78. The number of hydrogen-bond donors (Lipinski definition) is 1. The van der Waals surface area contributed by atoms with E-state index in [4.69, 9.17) is 11.6 Å². The molecule has 0 bridgehead atoms. The van der Waals surface area contributed by atoms with Crippen molar-refractivity contribution in [2.45, 2.75) is 45.7 Å². The summed E-state index contributed by atoms with van der Waals surface area (Å²) in [5.41, 5.74) is 0. The Labute approximate surface area is 136 Å². The largest absolute Gasteiger partial charge is 0.340 e. The second kappa shape index (κ2) is 7.61. The van der Waals surface area contributed by atoms with Crippen molar-refractivity contribution in [3.05, 3.63) is 21.3 Å². The van der Waals surface area contributed by atoms with Crippen LogP contribution < -0.4 is 5.32 Å². The Morgan fingerprint density at radius 3 is 2.86 bits per heavy atom. The van der Waals surface area contributed by atoms with Crippen molar-refractivity contribution in [1.29, 1.82) is 0 Å². The third kappa shape index (κ3) is 4.70. The lowest BCUT2D eigenvalue weighted by molar-refractivity contribution is -0.129. The number of carbonyl (C=O) groups is 1. The van der Waals surface area contributed by atoms with E-state index in [0.29, 0.717) is 25.0 Å². The maximum atomic E-state index is 12.2. The molecule has 1 fully saturated rings. The molecule has 1 N–H and O–H groups in total. The van der Waals surface area contributed by atoms with Gasteiger partial charge in [0.1, 0.15) is 0 Å². The summed E-state index contributed by atoms with van der Waals surface area (Å²) in [5, 5.41) is 3.46. The number of hydrogen-bond acceptors (Lipinski definition) is 3. The lowest BCUT2D eigenvalue weighted by Gasteiger charge is -2.35. The minimum absolute atomic E-state index is 0.143. The van der Waals surface area contributed by atoms with Gasteiger partial charge in [0, 0.05) is 18.0 Å². The van der Waals surface area contributed by atoms with E-state index in [1.54, 1.807) is 4.90 Å². The molecule has 1 amide bonds. The highest BCUT2D eigenvalue weighted by atomic mass is 35.5. The highest BCUT2D eigenvalue weighted by Crippen LogP contribution is 2.29. The Kier molecular flexibility index (Phi) is 6.08. The van der Waals surface area contributed by atoms with E-state index >= 15 is 0 Å². The zero-order valence-electron chi connectivity index (χ0n) is 13.1. The lowest BCUT2D eigenvalue weighted by Crippen LogP contribution is -2.45. The van der Waals surface area contributed by atoms with E-state index < -0.39 is 0 Å². The summed E-state index contributed by atoms with van der Waals surface area (Å²) < 4.78 is 0.772. The van der Waals surface area contributed by atoms with E-state index in [9.17, 15) is 4.79 Å². The van der Waals surface area contributed by atoms with Gasteiger partial charge in [-0.3, -0.25) is 4.79 Å². The summed E-state index contributed by atoms with van der Waals surface area (Å²) in [4.78, 5) is 15.1. The van der Waals surface area contributed by atoms with Crippen LogP contribution in [-0.2, 0) is 11.3 Å². The molecule has 1 saturated carbocycles. The van der Waals surface area contributed by atoms with E-state index in [2.05, 4.69) is 19.2 Å². The van der Waals surface area contributed by atoms with Crippen LogP contribution in [0.3, 0.4) is 0 Å². The number of likely N-dealkylation sites (N-methyl/N-ethyl adjacent to an activating group) is 1. The molecule has 3 unspecified atom stereocenters. The molecule has 1 heterocycles. The SMILES string of the molecule is CC1CCCC(NCC(=O)N(C)Cc2ccc(Cl)s2)C1C. The fraction of sp³-hybridized carbons (Fsp3) is 0.688. The van der Waals surface area contributed by atoms with Crippen LogP contribution in [0.5, 0.6) is 0 Å². The van der Waals surface area contributed by atoms with Crippen LogP contribution in [0.2, 0.25) is 4.34 Å². The summed E-state index contributed by atoms with van der Waals surface area (Å²) in [5.74, 6) is 1.54. The molecule has 1 aromatic rings. The molecule has 0 radical (unpaired) electrons. The second-order valence-corrected chi connectivity index (χ2v) is 8.01. The van der Waals surface area contributed by atoms with Crippen LogP contribution in [-0.4, -0.2) is 30.4 Å². The average Bonchev–Trinajstić information content (AvgIpc) is 2.85. The summed E-state index contributed by atoms with van der Waals surface area (Å²) in [6, 6.07) is 4.33. The number of amides is 1. The first-order valence-corrected chi connectivity index (χ1v) is 8.88. The predicted octanol–water partition coefficient (Wildman–Crippen LogP) is 3.77. The van der Waals surface area contributed by atoms with Crippen molar-refractivity contribution in [3.8, 4) is 0 Å². The van der Waals surface area contributed by atoms with Crippen LogP contribution in [0, 0.1) is 11.8 Å². The summed E-state index contributed by atoms with van der Waals surface area (Å²) in [6.07, 6.45) is 3.76. The summed E-state index contributed by atoms with van der Waals surface area (Å²) in [6.45, 7) is 5.67. The van der Waals surface area contributed by atoms with Gasteiger partial charge in [-0.05, 0) is 30.4 Å². The molecular weight excluding hydrogens is 304 g/mol. The predicted molar refractivity (Wildman–Crippen MR) is 89.8 cm³/mol. The minimum Gasteiger partial charge on any atom is -0.340 e. The van der Waals surface area contributed by atoms with Crippen molar-refractivity contribution in [3.63, 3.8) is 0 Å². The molecule has 0 spiro atoms. The van der Waals surface area contributed by atoms with Gasteiger partial charge in [0.05, 0.1) is 17.4 Å². The van der Waals surface area contributed by atoms with Gasteiger partial charge >= 0.3 is 0 Å². The fourth-order valence-electron chi connectivity index (χ4n) is 2.98. The van der Waals surface area contributed by atoms with Crippen molar-refractivity contribution >= 4 is 28.8 Å². The van der Waals surface area contributed by atoms with Crippen molar-refractivity contribution in [2.24, 2.45) is 11.8 Å². The zero-order valence-corrected chi connectivity index (χ0v) is 14.6. The van der Waals surface area contributed by atoms with Gasteiger partial charge in [-0.2, -0.15) is 0 Å². The Morgan fingerprint density at radius 2 is 2.19 bits per heavy atom. The summed E-state index contributed by atoms with van der Waals surface area (Å²) >= 11 is 7.45. The van der Waals surface area contributed by atoms with Crippen molar-refractivity contribution in [2.75, 3.05) is 13.6 Å². The molecule has 1 aromatic heterocycles. The van der Waals surface area contributed by atoms with Gasteiger partial charge in [0.15, 0.2) is 0 Å². The molecule has 118 valence electrons. The first-order chi connectivity index (χ1) is 9.97. The van der Waals surface area contributed by atoms with Gasteiger partial charge in [0.25, 0.3) is 0 Å². The van der Waals surface area contributed by atoms with Crippen LogP contribution in [0.15, 0.2) is 12.1 Å². The van der Waals surface area contributed by atoms with Crippen molar-refractivity contribution in [1.82, 2.24) is 10.2 Å². The van der Waals surface area contributed by atoms with Gasteiger partial charge in [0.2, 0.25) is 5.91 Å². The standard InChI is InChI=1S/C16H25ClN2OS/c1-11-5-4-6-14(12(11)2)18-9-16(20)19(3)10-13-7-8-15(17)21-13/h7-8,11-12,14,18H,4-6,9-10H2,1-3H3. The Bertz CT molecular complexity index is 477. The second-order valence-electron chi connectivity index (χ2n) is 6.21. The molecule has 1 aliphatic carbocycles. The molecule has 3 atom stereocenters. The monoisotopic (exact) mass is 328 g/mol. The number of thiophene rings is 1. The van der Waals surface area contributed by atoms with Crippen LogP contribution in [0.25, 0.3) is 0 Å². The first-order valence-electron chi connectivity index (χ1n) is 7.69. The molecule has 2 rings (SSSR count). The van der Waals surface area contributed by atoms with Gasteiger partial charge in [-0.1, -0.05) is 38.3 Å². The van der Waals surface area contributed by atoms with Gasteiger partial charge in [-0.25, -0.2) is 0 Å². The highest BCUT2D eigenvalue weighted by molar-refractivity contribution is 7.16. The lowest BCUT2D eigenvalue weighted by atomic mass is 9.78. The number of nitrogens with zero attached hydrogens (tertiary/aromatic N) is 1. The number of nitrogens with one attached hydrogen (secondary N) is 1. The third-order valence-corrected chi connectivity index (χ3v) is 5.89. The maximum absolute atomic E-state index is 12.2. The average molecular weight is 329 g/mol. The fourth-order valence-corrected chi connectivity index (χ4v) is 4.12. The molecule has 0 aliphatic heterocycles. The van der Waals surface area contributed by atoms with Crippen LogP contribution >= 0.6 is 22.9 Å². The normalized spacial score (nSPS) is 25.8. The van der Waals surface area contributed by atoms with Gasteiger partial charge in [-0.15, -0.1) is 11.3 Å². The van der Waals surface area contributed by atoms with Gasteiger partial charge < -0.3 is 10.2 Å². The first kappa shape index (κ1) is 16.8. The van der Waals surface area contributed by atoms with E-state index in [1.807, 2.05) is 19.2 Å². The Morgan fingerprint density at radius 1 is 1.43 bits per heavy atom. The highest BCUT2D eigenvalue weighted by Gasteiger charge is 2.27. The molecule has 1 aliphatic rings. The number of halogens is 1. The van der Waals surface area contributed by atoms with Crippen LogP contribution in [0.4, 0.5) is 0 Å². The van der Waals surface area contributed by atoms with Crippen LogP contribution in [0.1, 0.15) is 38.0 Å². The molecule has 0 aromatic carbocycles. The molecule has 3 nitrogen and oxygen atoms in total. The Hall–Kier alpha value is -0.580. The summed E-state index contributed by atoms with van der Waals surface area (Å²) in [7, 11) is 1.85. The van der Waals surface area contributed by atoms with E-state index in [0.717, 1.165) is 15.1 Å². The number of rotatable bonds is 5. The number of carbonyl (C=O) groups excluding carboxylic acids is 1. The molecule has 21 heavy (non-hydrogen) atoms. The molecular formula is C16H25ClN2OS. The topological polar surface area (TPSA) is 32.3 Å². The molecule has 5 heteroatoms.